The molecule has 7 heteroatoms. The van der Waals surface area contributed by atoms with Crippen molar-refractivity contribution >= 4 is 28.4 Å². The number of pyridine rings is 1. The fourth-order valence-corrected chi connectivity index (χ4v) is 5.69. The second-order valence-electron chi connectivity index (χ2n) is 10.1. The molecule has 1 aliphatic rings. The monoisotopic (exact) mass is 528 g/mol. The number of carbonyl (C=O) groups excluding carboxylic acids is 1. The van der Waals surface area contributed by atoms with Crippen molar-refractivity contribution in [1.29, 1.82) is 0 Å². The molecule has 4 aromatic rings. The van der Waals surface area contributed by atoms with E-state index in [1.165, 1.54) is 5.56 Å². The molecule has 0 aliphatic carbocycles. The molecule has 2 aromatic carbocycles. The van der Waals surface area contributed by atoms with Gasteiger partial charge in [-0.1, -0.05) is 49.6 Å². The fraction of sp³-hybridized carbons (Fsp3) is 0.355. The van der Waals surface area contributed by atoms with Crippen molar-refractivity contribution in [3.8, 4) is 5.69 Å². The molecule has 0 radical (unpaired) electrons. The molecule has 1 unspecified atom stereocenters. The van der Waals surface area contributed by atoms with Crippen LogP contribution in [-0.4, -0.2) is 38.4 Å². The number of likely N-dealkylation sites (tertiary alicyclic amines) is 1. The molecule has 1 amide bonds. The Labute approximate surface area is 228 Å². The van der Waals surface area contributed by atoms with Crippen molar-refractivity contribution in [2.24, 2.45) is 5.92 Å². The smallest absolute Gasteiger partial charge is 0.265 e. The number of hydrogen-bond acceptors (Lipinski definition) is 4. The Bertz CT molecular complexity index is 1460. The number of halogens is 1. The van der Waals surface area contributed by atoms with E-state index in [2.05, 4.69) is 24.0 Å². The van der Waals surface area contributed by atoms with E-state index in [-0.39, 0.29) is 17.4 Å². The molecule has 0 bridgehead atoms. The van der Waals surface area contributed by atoms with Crippen molar-refractivity contribution < 1.29 is 4.79 Å². The molecule has 38 heavy (non-hydrogen) atoms. The molecule has 1 aliphatic heterocycles. The number of rotatable bonds is 8. The van der Waals surface area contributed by atoms with E-state index in [1.54, 1.807) is 22.8 Å². The van der Waals surface area contributed by atoms with Gasteiger partial charge in [-0.2, -0.15) is 0 Å². The van der Waals surface area contributed by atoms with Crippen LogP contribution < -0.4 is 5.56 Å². The van der Waals surface area contributed by atoms with Crippen LogP contribution in [0.25, 0.3) is 16.6 Å². The van der Waals surface area contributed by atoms with E-state index < -0.39 is 0 Å². The predicted octanol–water partition coefficient (Wildman–Crippen LogP) is 6.19. The first-order valence-corrected chi connectivity index (χ1v) is 13.9. The van der Waals surface area contributed by atoms with Crippen LogP contribution in [0, 0.1) is 5.92 Å². The Morgan fingerprint density at radius 3 is 2.55 bits per heavy atom. The second kappa shape index (κ2) is 11.9. The maximum Gasteiger partial charge on any atom is 0.265 e. The maximum atomic E-state index is 13.9. The minimum absolute atomic E-state index is 0.146. The molecular formula is C31H33ClN4O2. The zero-order valence-electron chi connectivity index (χ0n) is 21.7. The Kier molecular flexibility index (Phi) is 8.18. The molecule has 0 N–H and O–H groups in total. The van der Waals surface area contributed by atoms with Gasteiger partial charge >= 0.3 is 0 Å². The summed E-state index contributed by atoms with van der Waals surface area (Å²) >= 11 is 6.30. The lowest BCUT2D eigenvalue weighted by molar-refractivity contribution is -0.137. The average Bonchev–Trinajstić information content (AvgIpc) is 2.95. The van der Waals surface area contributed by atoms with Gasteiger partial charge in [-0.05, 0) is 73.2 Å². The molecule has 1 atom stereocenters. The zero-order chi connectivity index (χ0) is 26.5. The SMILES string of the molecule is CCCCC(Cc1nc2ccccc2c(=O)n1-c1cccc(Cl)c1)C(=O)N1CCC(c2ccncc2)CC1. The number of para-hydroxylation sites is 1. The number of fused-ring (bicyclic) bond motifs is 1. The molecule has 6 nitrogen and oxygen atoms in total. The zero-order valence-corrected chi connectivity index (χ0v) is 22.5. The van der Waals surface area contributed by atoms with Gasteiger partial charge in [-0.15, -0.1) is 0 Å². The van der Waals surface area contributed by atoms with Crippen molar-refractivity contribution in [3.63, 3.8) is 0 Å². The number of piperidine rings is 1. The molecule has 196 valence electrons. The minimum Gasteiger partial charge on any atom is -0.342 e. The van der Waals surface area contributed by atoms with Crippen LogP contribution in [0.3, 0.4) is 0 Å². The van der Waals surface area contributed by atoms with Crippen molar-refractivity contribution in [2.75, 3.05) is 13.1 Å². The van der Waals surface area contributed by atoms with E-state index >= 15 is 0 Å². The van der Waals surface area contributed by atoms with E-state index in [0.717, 1.165) is 45.2 Å². The lowest BCUT2D eigenvalue weighted by Crippen LogP contribution is -2.42. The van der Waals surface area contributed by atoms with Gasteiger partial charge in [0.2, 0.25) is 5.91 Å². The summed E-state index contributed by atoms with van der Waals surface area (Å²) in [6.45, 7) is 3.61. The van der Waals surface area contributed by atoms with Crippen molar-refractivity contribution in [1.82, 2.24) is 19.4 Å². The van der Waals surface area contributed by atoms with Gasteiger partial charge < -0.3 is 4.90 Å². The molecule has 1 fully saturated rings. The first kappa shape index (κ1) is 26.1. The predicted molar refractivity (Wildman–Crippen MR) is 152 cm³/mol. The van der Waals surface area contributed by atoms with Gasteiger partial charge in [0, 0.05) is 42.8 Å². The van der Waals surface area contributed by atoms with Gasteiger partial charge in [0.05, 0.1) is 16.6 Å². The normalized spacial score (nSPS) is 15.1. The molecule has 3 heterocycles. The van der Waals surface area contributed by atoms with Gasteiger partial charge in [-0.25, -0.2) is 4.98 Å². The number of carbonyl (C=O) groups is 1. The molecule has 2 aromatic heterocycles. The van der Waals surface area contributed by atoms with Gasteiger partial charge in [-0.3, -0.25) is 19.1 Å². The summed E-state index contributed by atoms with van der Waals surface area (Å²) in [5.41, 5.74) is 2.45. The van der Waals surface area contributed by atoms with Crippen molar-refractivity contribution in [2.45, 2.75) is 51.4 Å². The summed E-state index contributed by atoms with van der Waals surface area (Å²) < 4.78 is 1.64. The van der Waals surface area contributed by atoms with Gasteiger partial charge in [0.15, 0.2) is 0 Å². The first-order valence-electron chi connectivity index (χ1n) is 13.5. The average molecular weight is 529 g/mol. The van der Waals surface area contributed by atoms with Crippen LogP contribution >= 0.6 is 11.6 Å². The molecule has 1 saturated heterocycles. The third-order valence-electron chi connectivity index (χ3n) is 7.58. The summed E-state index contributed by atoms with van der Waals surface area (Å²) in [6, 6.07) is 18.8. The fourth-order valence-electron chi connectivity index (χ4n) is 5.51. The van der Waals surface area contributed by atoms with E-state index in [4.69, 9.17) is 16.6 Å². The van der Waals surface area contributed by atoms with Crippen molar-refractivity contribution in [3.05, 3.63) is 99.8 Å². The highest BCUT2D eigenvalue weighted by molar-refractivity contribution is 6.30. The van der Waals surface area contributed by atoms with Gasteiger partial charge in [0.25, 0.3) is 5.56 Å². The number of amides is 1. The lowest BCUT2D eigenvalue weighted by atomic mass is 9.88. The summed E-state index contributed by atoms with van der Waals surface area (Å²) in [7, 11) is 0. The highest BCUT2D eigenvalue weighted by atomic mass is 35.5. The Morgan fingerprint density at radius 1 is 1.05 bits per heavy atom. The lowest BCUT2D eigenvalue weighted by Gasteiger charge is -2.34. The van der Waals surface area contributed by atoms with E-state index in [0.29, 0.717) is 39.8 Å². The third-order valence-corrected chi connectivity index (χ3v) is 7.82. The molecule has 0 saturated carbocycles. The highest BCUT2D eigenvalue weighted by Gasteiger charge is 2.30. The number of benzene rings is 2. The molecule has 0 spiro atoms. The van der Waals surface area contributed by atoms with Crippen LogP contribution in [0.2, 0.25) is 5.02 Å². The van der Waals surface area contributed by atoms with Crippen LogP contribution in [-0.2, 0) is 11.2 Å². The van der Waals surface area contributed by atoms with E-state index in [1.807, 2.05) is 47.6 Å². The number of aromatic nitrogens is 3. The van der Waals surface area contributed by atoms with Gasteiger partial charge in [0.1, 0.15) is 5.82 Å². The third kappa shape index (κ3) is 5.65. The summed E-state index contributed by atoms with van der Waals surface area (Å²) in [5, 5.41) is 1.09. The topological polar surface area (TPSA) is 68.1 Å². The quantitative estimate of drug-likeness (QED) is 0.273. The Hall–Kier alpha value is -3.51. The molecular weight excluding hydrogens is 496 g/mol. The van der Waals surface area contributed by atoms with Crippen LogP contribution in [0.5, 0.6) is 0 Å². The second-order valence-corrected chi connectivity index (χ2v) is 10.5. The van der Waals surface area contributed by atoms with Crippen LogP contribution in [0.4, 0.5) is 0 Å². The standard InChI is InChI=1S/C31H33ClN4O2/c1-2-3-7-24(30(37)35-18-14-23(15-19-35)22-12-16-33-17-13-22)20-29-34-28-11-5-4-10-27(28)31(38)36(29)26-9-6-8-25(32)21-26/h4-6,8-13,16-17,21,23-24H,2-3,7,14-15,18-20H2,1H3. The number of hydrogen-bond donors (Lipinski definition) is 0. The van der Waals surface area contributed by atoms with E-state index in [9.17, 15) is 9.59 Å². The highest BCUT2D eigenvalue weighted by Crippen LogP contribution is 2.29. The summed E-state index contributed by atoms with van der Waals surface area (Å²) in [4.78, 5) is 38.6. The van der Waals surface area contributed by atoms with Crippen LogP contribution in [0.15, 0.2) is 77.9 Å². The van der Waals surface area contributed by atoms with Crippen LogP contribution in [0.1, 0.15) is 56.3 Å². The minimum atomic E-state index is -0.245. The number of nitrogens with zero attached hydrogens (tertiary/aromatic N) is 4. The maximum absolute atomic E-state index is 13.9. The largest absolute Gasteiger partial charge is 0.342 e. The summed E-state index contributed by atoms with van der Waals surface area (Å²) in [5.74, 6) is 0.959. The number of unbranched alkanes of at least 4 members (excludes halogenated alkanes) is 1. The Balaban J connectivity index is 1.45. The Morgan fingerprint density at radius 2 is 1.82 bits per heavy atom. The summed E-state index contributed by atoms with van der Waals surface area (Å²) in [6.07, 6.45) is 8.66. The molecule has 5 rings (SSSR count). The first-order chi connectivity index (χ1) is 18.5.